The highest BCUT2D eigenvalue weighted by Crippen LogP contribution is 2.02. The van der Waals surface area contributed by atoms with Crippen LogP contribution in [0.3, 0.4) is 0 Å². The first-order chi connectivity index (χ1) is 6.27. The van der Waals surface area contributed by atoms with E-state index in [4.69, 9.17) is 0 Å². The van der Waals surface area contributed by atoms with Crippen LogP contribution in [0, 0.1) is 0 Å². The van der Waals surface area contributed by atoms with Gasteiger partial charge in [0, 0.05) is 25.4 Å². The van der Waals surface area contributed by atoms with Gasteiger partial charge in [0.2, 0.25) is 0 Å². The molecule has 0 atom stereocenters. The molecule has 0 fully saturated rings. The monoisotopic (exact) mass is 180 g/mol. The number of hydrogen-bond donors (Lipinski definition) is 1. The number of pyridine rings is 1. The average molecular weight is 180 g/mol. The lowest BCUT2D eigenvalue weighted by atomic mass is 10.4. The summed E-state index contributed by atoms with van der Waals surface area (Å²) < 4.78 is 1.73. The zero-order chi connectivity index (χ0) is 9.68. The molecule has 1 aromatic heterocycles. The molecule has 0 aliphatic rings. The molecule has 3 heteroatoms. The van der Waals surface area contributed by atoms with Crippen LogP contribution in [0.4, 0.5) is 5.69 Å². The van der Waals surface area contributed by atoms with Crippen LogP contribution in [0.2, 0.25) is 0 Å². The molecule has 0 aliphatic heterocycles. The minimum atomic E-state index is 0.0727. The third-order valence-corrected chi connectivity index (χ3v) is 1.83. The molecule has 0 amide bonds. The molecule has 0 spiro atoms. The molecule has 72 valence electrons. The zero-order valence-electron chi connectivity index (χ0n) is 8.21. The summed E-state index contributed by atoms with van der Waals surface area (Å²) in [5, 5.41) is 3.17. The Hall–Kier alpha value is -1.25. The zero-order valence-corrected chi connectivity index (χ0v) is 8.21. The van der Waals surface area contributed by atoms with Gasteiger partial charge in [0.05, 0.1) is 5.69 Å². The summed E-state index contributed by atoms with van der Waals surface area (Å²) in [7, 11) is 0. The van der Waals surface area contributed by atoms with E-state index in [1.807, 2.05) is 19.2 Å². The Bertz CT molecular complexity index is 317. The van der Waals surface area contributed by atoms with E-state index in [0.29, 0.717) is 0 Å². The van der Waals surface area contributed by atoms with Gasteiger partial charge in [-0.2, -0.15) is 0 Å². The van der Waals surface area contributed by atoms with Crippen LogP contribution in [0.15, 0.2) is 23.1 Å². The Balaban J connectivity index is 2.90. The van der Waals surface area contributed by atoms with Crippen molar-refractivity contribution in [3.8, 4) is 0 Å². The Morgan fingerprint density at radius 1 is 1.38 bits per heavy atom. The quantitative estimate of drug-likeness (QED) is 0.765. The molecule has 0 aliphatic carbocycles. The number of rotatable bonds is 4. The molecule has 1 heterocycles. The van der Waals surface area contributed by atoms with Crippen molar-refractivity contribution in [1.29, 1.82) is 0 Å². The number of nitrogens with zero attached hydrogens (tertiary/aromatic N) is 1. The second-order valence-electron chi connectivity index (χ2n) is 2.98. The maximum Gasteiger partial charge on any atom is 0.250 e. The average Bonchev–Trinajstić information content (AvgIpc) is 2.12. The van der Waals surface area contributed by atoms with E-state index in [2.05, 4.69) is 12.2 Å². The van der Waals surface area contributed by atoms with Crippen LogP contribution in [0.1, 0.15) is 20.3 Å². The standard InChI is InChI=1S/C10H16N2O/c1-3-7-12-8-9(11-4-2)5-6-10(12)13/h5-6,8,11H,3-4,7H2,1-2H3. The molecule has 13 heavy (non-hydrogen) atoms. The molecule has 0 radical (unpaired) electrons. The molecule has 1 rings (SSSR count). The maximum atomic E-state index is 11.3. The molecule has 0 aromatic carbocycles. The van der Waals surface area contributed by atoms with Crippen molar-refractivity contribution in [2.75, 3.05) is 11.9 Å². The number of hydrogen-bond acceptors (Lipinski definition) is 2. The van der Waals surface area contributed by atoms with Gasteiger partial charge in [0.25, 0.3) is 5.56 Å². The van der Waals surface area contributed by atoms with E-state index in [1.165, 1.54) is 0 Å². The molecule has 3 nitrogen and oxygen atoms in total. The molecule has 0 unspecified atom stereocenters. The third kappa shape index (κ3) is 2.61. The van der Waals surface area contributed by atoms with Crippen LogP contribution >= 0.6 is 0 Å². The highest BCUT2D eigenvalue weighted by atomic mass is 16.1. The van der Waals surface area contributed by atoms with E-state index < -0.39 is 0 Å². The summed E-state index contributed by atoms with van der Waals surface area (Å²) in [5.41, 5.74) is 1.08. The predicted molar refractivity (Wildman–Crippen MR) is 55.2 cm³/mol. The summed E-state index contributed by atoms with van der Waals surface area (Å²) in [4.78, 5) is 11.3. The van der Waals surface area contributed by atoms with Crippen LogP contribution in [-0.2, 0) is 6.54 Å². The lowest BCUT2D eigenvalue weighted by Gasteiger charge is -2.07. The van der Waals surface area contributed by atoms with Gasteiger partial charge in [-0.1, -0.05) is 6.92 Å². The number of aromatic nitrogens is 1. The van der Waals surface area contributed by atoms with Crippen molar-refractivity contribution >= 4 is 5.69 Å². The lowest BCUT2D eigenvalue weighted by molar-refractivity contribution is 0.655. The maximum absolute atomic E-state index is 11.3. The summed E-state index contributed by atoms with van der Waals surface area (Å²) in [6, 6.07) is 3.42. The number of anilines is 1. The molecule has 0 saturated carbocycles. The first kappa shape index (κ1) is 9.84. The molecule has 1 N–H and O–H groups in total. The van der Waals surface area contributed by atoms with Crippen molar-refractivity contribution in [1.82, 2.24) is 4.57 Å². The van der Waals surface area contributed by atoms with Crippen molar-refractivity contribution in [2.24, 2.45) is 0 Å². The second kappa shape index (κ2) is 4.70. The molecule has 0 saturated heterocycles. The van der Waals surface area contributed by atoms with Crippen molar-refractivity contribution in [2.45, 2.75) is 26.8 Å². The van der Waals surface area contributed by atoms with E-state index in [-0.39, 0.29) is 5.56 Å². The topological polar surface area (TPSA) is 34.0 Å². The van der Waals surface area contributed by atoms with Crippen LogP contribution in [0.25, 0.3) is 0 Å². The highest BCUT2D eigenvalue weighted by molar-refractivity contribution is 5.39. The SMILES string of the molecule is CCCn1cc(NCC)ccc1=O. The second-order valence-corrected chi connectivity index (χ2v) is 2.98. The van der Waals surface area contributed by atoms with Gasteiger partial charge >= 0.3 is 0 Å². The predicted octanol–water partition coefficient (Wildman–Crippen LogP) is 1.69. The first-order valence-electron chi connectivity index (χ1n) is 4.72. The van der Waals surface area contributed by atoms with E-state index in [0.717, 1.165) is 25.2 Å². The molecular formula is C10H16N2O. The normalized spacial score (nSPS) is 10.0. The number of aryl methyl sites for hydroxylation is 1. The van der Waals surface area contributed by atoms with E-state index in [9.17, 15) is 4.79 Å². The largest absolute Gasteiger partial charge is 0.384 e. The fraction of sp³-hybridized carbons (Fsp3) is 0.500. The summed E-state index contributed by atoms with van der Waals surface area (Å²) in [6.45, 7) is 5.77. The van der Waals surface area contributed by atoms with Gasteiger partial charge in [-0.05, 0) is 19.4 Å². The Morgan fingerprint density at radius 2 is 2.15 bits per heavy atom. The minimum absolute atomic E-state index is 0.0727. The van der Waals surface area contributed by atoms with Crippen molar-refractivity contribution in [3.63, 3.8) is 0 Å². The Kier molecular flexibility index (Phi) is 3.55. The minimum Gasteiger partial charge on any atom is -0.384 e. The van der Waals surface area contributed by atoms with Gasteiger partial charge in [0.15, 0.2) is 0 Å². The van der Waals surface area contributed by atoms with Gasteiger partial charge in [0.1, 0.15) is 0 Å². The highest BCUT2D eigenvalue weighted by Gasteiger charge is 1.95. The fourth-order valence-electron chi connectivity index (χ4n) is 1.26. The van der Waals surface area contributed by atoms with Gasteiger partial charge in [-0.25, -0.2) is 0 Å². The van der Waals surface area contributed by atoms with Gasteiger partial charge < -0.3 is 9.88 Å². The molecule has 1 aromatic rings. The van der Waals surface area contributed by atoms with Crippen molar-refractivity contribution in [3.05, 3.63) is 28.7 Å². The lowest BCUT2D eigenvalue weighted by Crippen LogP contribution is -2.18. The fourth-order valence-corrected chi connectivity index (χ4v) is 1.26. The van der Waals surface area contributed by atoms with Gasteiger partial charge in [-0.15, -0.1) is 0 Å². The van der Waals surface area contributed by atoms with Crippen LogP contribution in [0.5, 0.6) is 0 Å². The third-order valence-electron chi connectivity index (χ3n) is 1.83. The molecular weight excluding hydrogens is 164 g/mol. The molecule has 0 bridgehead atoms. The van der Waals surface area contributed by atoms with Gasteiger partial charge in [-0.3, -0.25) is 4.79 Å². The summed E-state index contributed by atoms with van der Waals surface area (Å²) in [6.07, 6.45) is 2.85. The van der Waals surface area contributed by atoms with E-state index in [1.54, 1.807) is 10.6 Å². The van der Waals surface area contributed by atoms with Crippen LogP contribution in [-0.4, -0.2) is 11.1 Å². The first-order valence-corrected chi connectivity index (χ1v) is 4.72. The summed E-state index contributed by atoms with van der Waals surface area (Å²) >= 11 is 0. The van der Waals surface area contributed by atoms with E-state index >= 15 is 0 Å². The van der Waals surface area contributed by atoms with Crippen LogP contribution < -0.4 is 10.9 Å². The smallest absolute Gasteiger partial charge is 0.250 e. The Morgan fingerprint density at radius 3 is 2.77 bits per heavy atom. The Labute approximate surface area is 78.4 Å². The summed E-state index contributed by atoms with van der Waals surface area (Å²) in [5.74, 6) is 0. The van der Waals surface area contributed by atoms with Crippen molar-refractivity contribution < 1.29 is 0 Å². The number of nitrogens with one attached hydrogen (secondary N) is 1.